The van der Waals surface area contributed by atoms with Crippen molar-refractivity contribution >= 4 is 5.97 Å². The Morgan fingerprint density at radius 2 is 1.86 bits per heavy atom. The number of aromatic hydroxyl groups is 1. The molecule has 5 rings (SSSR count). The van der Waals surface area contributed by atoms with Crippen LogP contribution in [0.2, 0.25) is 0 Å². The third kappa shape index (κ3) is 1.90. The van der Waals surface area contributed by atoms with Gasteiger partial charge in [0, 0.05) is 5.56 Å². The molecule has 0 amide bonds. The Morgan fingerprint density at radius 3 is 2.43 bits per heavy atom. The number of carboxylic acid groups (broad SMARTS) is 1. The number of phenols is 1. The molecule has 2 unspecified atom stereocenters. The molecule has 4 aliphatic carbocycles. The molecule has 3 heteroatoms. The molecule has 2 N–H and O–H groups in total. The van der Waals surface area contributed by atoms with Crippen LogP contribution in [0.5, 0.6) is 5.75 Å². The Morgan fingerprint density at radius 1 is 1.19 bits per heavy atom. The molecule has 21 heavy (non-hydrogen) atoms. The summed E-state index contributed by atoms with van der Waals surface area (Å²) in [6.45, 7) is 2.40. The molecule has 1 aromatic carbocycles. The maximum atomic E-state index is 11.6. The van der Waals surface area contributed by atoms with E-state index in [9.17, 15) is 15.0 Å². The summed E-state index contributed by atoms with van der Waals surface area (Å²) < 4.78 is 0. The Kier molecular flexibility index (Phi) is 2.66. The van der Waals surface area contributed by atoms with Crippen LogP contribution in [0.15, 0.2) is 18.2 Å². The van der Waals surface area contributed by atoms with Crippen LogP contribution in [0.1, 0.15) is 60.9 Å². The number of hydrogen-bond donors (Lipinski definition) is 2. The maximum absolute atomic E-state index is 11.6. The van der Waals surface area contributed by atoms with E-state index in [0.717, 1.165) is 5.92 Å². The molecule has 2 atom stereocenters. The van der Waals surface area contributed by atoms with Crippen molar-refractivity contribution in [1.29, 1.82) is 0 Å². The first-order chi connectivity index (χ1) is 9.97. The zero-order valence-corrected chi connectivity index (χ0v) is 12.4. The normalized spacial score (nSPS) is 40.4. The van der Waals surface area contributed by atoms with Gasteiger partial charge in [0.2, 0.25) is 0 Å². The molecule has 1 aromatic rings. The topological polar surface area (TPSA) is 57.5 Å². The quantitative estimate of drug-likeness (QED) is 0.863. The van der Waals surface area contributed by atoms with Crippen LogP contribution in [-0.2, 0) is 0 Å². The Labute approximate surface area is 125 Å². The number of carboxylic acids is 1. The second-order valence-electron chi connectivity index (χ2n) is 7.85. The lowest BCUT2D eigenvalue weighted by Gasteiger charge is -2.59. The van der Waals surface area contributed by atoms with Crippen molar-refractivity contribution in [3.8, 4) is 5.75 Å². The number of phenolic OH excluding ortho intramolecular Hbond substituents is 1. The second-order valence-corrected chi connectivity index (χ2v) is 7.85. The number of aromatic carboxylic acids is 1. The minimum absolute atomic E-state index is 0.178. The molecule has 4 bridgehead atoms. The van der Waals surface area contributed by atoms with Gasteiger partial charge in [0.25, 0.3) is 0 Å². The van der Waals surface area contributed by atoms with Crippen molar-refractivity contribution < 1.29 is 15.0 Å². The third-order valence-corrected chi connectivity index (χ3v) is 6.23. The number of hydrogen-bond acceptors (Lipinski definition) is 2. The largest absolute Gasteiger partial charge is 0.508 e. The predicted octanol–water partition coefficient (Wildman–Crippen LogP) is 4.02. The van der Waals surface area contributed by atoms with Crippen molar-refractivity contribution in [2.45, 2.75) is 44.9 Å². The molecule has 0 saturated heterocycles. The lowest BCUT2D eigenvalue weighted by Crippen LogP contribution is -2.48. The SMILES string of the molecule is CC12CC3CC(C1)C(c1c(O)cccc1C(=O)O)C(C3)C2. The average Bonchev–Trinajstić information content (AvgIpc) is 2.37. The van der Waals surface area contributed by atoms with Crippen LogP contribution in [0.3, 0.4) is 0 Å². The molecule has 0 aromatic heterocycles. The average molecular weight is 286 g/mol. The first-order valence-electron chi connectivity index (χ1n) is 8.02. The number of rotatable bonds is 2. The van der Waals surface area contributed by atoms with Crippen LogP contribution in [0.4, 0.5) is 0 Å². The summed E-state index contributed by atoms with van der Waals surface area (Å²) in [5.41, 5.74) is 1.47. The van der Waals surface area contributed by atoms with Gasteiger partial charge >= 0.3 is 5.97 Å². The highest BCUT2D eigenvalue weighted by Crippen LogP contribution is 2.65. The molecule has 4 aliphatic rings. The van der Waals surface area contributed by atoms with Crippen LogP contribution >= 0.6 is 0 Å². The molecule has 4 saturated carbocycles. The lowest BCUT2D eigenvalue weighted by molar-refractivity contribution is -0.0596. The standard InChI is InChI=1S/C18H22O3/c1-18-7-10-5-11(8-18)15(12(6-10)9-18)16-13(17(20)21)3-2-4-14(16)19/h2-4,10-12,15,19H,5-9H2,1H3,(H,20,21). The van der Waals surface area contributed by atoms with Gasteiger partial charge in [0.15, 0.2) is 0 Å². The van der Waals surface area contributed by atoms with Crippen LogP contribution in [-0.4, -0.2) is 16.2 Å². The first kappa shape index (κ1) is 13.2. The number of carbonyl (C=O) groups is 1. The highest BCUT2D eigenvalue weighted by molar-refractivity contribution is 5.90. The van der Waals surface area contributed by atoms with Crippen molar-refractivity contribution in [3.05, 3.63) is 29.3 Å². The second kappa shape index (κ2) is 4.25. The summed E-state index contributed by atoms with van der Waals surface area (Å²) in [4.78, 5) is 11.6. The van der Waals surface area contributed by atoms with Crippen molar-refractivity contribution in [2.24, 2.45) is 23.2 Å². The van der Waals surface area contributed by atoms with Crippen molar-refractivity contribution in [2.75, 3.05) is 0 Å². The van der Waals surface area contributed by atoms with Gasteiger partial charge in [0.1, 0.15) is 5.75 Å². The van der Waals surface area contributed by atoms with E-state index < -0.39 is 5.97 Å². The summed E-state index contributed by atoms with van der Waals surface area (Å²) in [6.07, 6.45) is 6.16. The fraction of sp³-hybridized carbons (Fsp3) is 0.611. The molecule has 0 heterocycles. The molecule has 0 spiro atoms. The van der Waals surface area contributed by atoms with Gasteiger partial charge in [-0.05, 0) is 73.3 Å². The molecule has 4 fully saturated rings. The summed E-state index contributed by atoms with van der Waals surface area (Å²) in [5, 5.41) is 19.8. The maximum Gasteiger partial charge on any atom is 0.336 e. The molecule has 3 nitrogen and oxygen atoms in total. The summed E-state index contributed by atoms with van der Waals surface area (Å²) in [5.74, 6) is 1.42. The van der Waals surface area contributed by atoms with E-state index in [1.165, 1.54) is 32.1 Å². The fourth-order valence-electron chi connectivity index (χ4n) is 5.99. The molecule has 0 aliphatic heterocycles. The van der Waals surface area contributed by atoms with E-state index in [1.807, 2.05) is 0 Å². The van der Waals surface area contributed by atoms with Gasteiger partial charge in [-0.3, -0.25) is 0 Å². The number of benzene rings is 1. The van der Waals surface area contributed by atoms with Crippen molar-refractivity contribution in [3.63, 3.8) is 0 Å². The van der Waals surface area contributed by atoms with Gasteiger partial charge in [-0.2, -0.15) is 0 Å². The predicted molar refractivity (Wildman–Crippen MR) is 79.5 cm³/mol. The van der Waals surface area contributed by atoms with Crippen LogP contribution in [0.25, 0.3) is 0 Å². The fourth-order valence-corrected chi connectivity index (χ4v) is 5.99. The van der Waals surface area contributed by atoms with Gasteiger partial charge in [-0.15, -0.1) is 0 Å². The summed E-state index contributed by atoms with van der Waals surface area (Å²) in [6, 6.07) is 4.93. The lowest BCUT2D eigenvalue weighted by atomic mass is 9.45. The Hall–Kier alpha value is -1.51. The van der Waals surface area contributed by atoms with E-state index in [-0.39, 0.29) is 11.7 Å². The van der Waals surface area contributed by atoms with Crippen molar-refractivity contribution in [1.82, 2.24) is 0 Å². The first-order valence-corrected chi connectivity index (χ1v) is 8.02. The Bertz CT molecular complexity index is 590. The summed E-state index contributed by atoms with van der Waals surface area (Å²) in [7, 11) is 0. The zero-order chi connectivity index (χ0) is 14.8. The smallest absolute Gasteiger partial charge is 0.336 e. The van der Waals surface area contributed by atoms with E-state index in [1.54, 1.807) is 18.2 Å². The Balaban J connectivity index is 1.80. The van der Waals surface area contributed by atoms with Gasteiger partial charge in [-0.1, -0.05) is 13.0 Å². The minimum atomic E-state index is -0.916. The van der Waals surface area contributed by atoms with E-state index in [0.29, 0.717) is 28.4 Å². The molecule has 0 radical (unpaired) electrons. The van der Waals surface area contributed by atoms with Gasteiger partial charge in [0.05, 0.1) is 5.56 Å². The van der Waals surface area contributed by atoms with E-state index >= 15 is 0 Å². The highest BCUT2D eigenvalue weighted by Gasteiger charge is 2.54. The third-order valence-electron chi connectivity index (χ3n) is 6.23. The van der Waals surface area contributed by atoms with Gasteiger partial charge < -0.3 is 10.2 Å². The monoisotopic (exact) mass is 286 g/mol. The van der Waals surface area contributed by atoms with Gasteiger partial charge in [-0.25, -0.2) is 4.79 Å². The zero-order valence-electron chi connectivity index (χ0n) is 12.4. The molecular formula is C18H22O3. The van der Waals surface area contributed by atoms with Crippen LogP contribution < -0.4 is 0 Å². The van der Waals surface area contributed by atoms with E-state index in [2.05, 4.69) is 6.92 Å². The van der Waals surface area contributed by atoms with E-state index in [4.69, 9.17) is 0 Å². The molecular weight excluding hydrogens is 264 g/mol. The van der Waals surface area contributed by atoms with Crippen LogP contribution in [0, 0.1) is 23.2 Å². The molecule has 112 valence electrons. The summed E-state index contributed by atoms with van der Waals surface area (Å²) >= 11 is 0. The minimum Gasteiger partial charge on any atom is -0.508 e. The highest BCUT2D eigenvalue weighted by atomic mass is 16.4.